The van der Waals surface area contributed by atoms with E-state index in [1.54, 1.807) is 42.5 Å². The van der Waals surface area contributed by atoms with Crippen LogP contribution in [0.1, 0.15) is 42.1 Å². The van der Waals surface area contributed by atoms with Gasteiger partial charge in [0, 0.05) is 22.3 Å². The molecule has 0 spiro atoms. The second kappa shape index (κ2) is 12.6. The number of anilines is 2. The molecule has 8 nitrogen and oxygen atoms in total. The molecule has 0 radical (unpaired) electrons. The summed E-state index contributed by atoms with van der Waals surface area (Å²) in [5, 5.41) is 5.27. The third kappa shape index (κ3) is 8.50. The normalized spacial score (nSPS) is 10.2. The van der Waals surface area contributed by atoms with Gasteiger partial charge in [-0.15, -0.1) is 0 Å². The Balaban J connectivity index is 1.69. The molecule has 2 amide bonds. The van der Waals surface area contributed by atoms with E-state index in [0.29, 0.717) is 23.5 Å². The molecule has 0 heterocycles. The van der Waals surface area contributed by atoms with E-state index in [2.05, 4.69) is 26.6 Å². The van der Waals surface area contributed by atoms with E-state index in [1.807, 2.05) is 13.8 Å². The number of carbonyl (C=O) groups is 4. The SMILES string of the molecule is CCCOC(=O)c1ccc(NC(=O)CCC(=O)OCC(=O)Nc2ccc(Br)c(C)c2)cc1. The van der Waals surface area contributed by atoms with Crippen LogP contribution in [-0.4, -0.2) is 37.0 Å². The molecule has 2 aromatic carbocycles. The van der Waals surface area contributed by atoms with Gasteiger partial charge in [-0.2, -0.15) is 0 Å². The molecule has 2 rings (SSSR count). The van der Waals surface area contributed by atoms with Gasteiger partial charge in [-0.05, 0) is 61.4 Å². The summed E-state index contributed by atoms with van der Waals surface area (Å²) in [7, 11) is 0. The number of hydrogen-bond donors (Lipinski definition) is 2. The molecule has 2 aromatic rings. The minimum atomic E-state index is -0.656. The Morgan fingerprint density at radius 2 is 1.53 bits per heavy atom. The van der Waals surface area contributed by atoms with Crippen LogP contribution in [0.15, 0.2) is 46.9 Å². The molecule has 0 atom stereocenters. The van der Waals surface area contributed by atoms with Gasteiger partial charge < -0.3 is 20.1 Å². The zero-order valence-corrected chi connectivity index (χ0v) is 19.5. The summed E-state index contributed by atoms with van der Waals surface area (Å²) in [6.45, 7) is 3.70. The Kier molecular flexibility index (Phi) is 9.87. The predicted molar refractivity (Wildman–Crippen MR) is 123 cm³/mol. The molecular weight excluding hydrogens is 480 g/mol. The molecule has 0 saturated heterocycles. The van der Waals surface area contributed by atoms with Gasteiger partial charge in [0.25, 0.3) is 5.91 Å². The predicted octanol–water partition coefficient (Wildman–Crippen LogP) is 4.22. The summed E-state index contributed by atoms with van der Waals surface area (Å²) in [6.07, 6.45) is 0.461. The summed E-state index contributed by atoms with van der Waals surface area (Å²) in [6, 6.07) is 11.6. The molecule has 0 aliphatic rings. The molecule has 2 N–H and O–H groups in total. The molecule has 0 bridgehead atoms. The highest BCUT2D eigenvalue weighted by Crippen LogP contribution is 2.20. The van der Waals surface area contributed by atoms with Gasteiger partial charge in [-0.25, -0.2) is 4.79 Å². The van der Waals surface area contributed by atoms with Gasteiger partial charge in [0.2, 0.25) is 5.91 Å². The molecule has 0 saturated carbocycles. The molecule has 0 aliphatic heterocycles. The Labute approximate surface area is 194 Å². The maximum absolute atomic E-state index is 12.0. The minimum Gasteiger partial charge on any atom is -0.462 e. The van der Waals surface area contributed by atoms with Crippen molar-refractivity contribution in [3.63, 3.8) is 0 Å². The highest BCUT2D eigenvalue weighted by Gasteiger charge is 2.12. The van der Waals surface area contributed by atoms with Crippen LogP contribution in [0.3, 0.4) is 0 Å². The summed E-state index contributed by atoms with van der Waals surface area (Å²) < 4.78 is 10.9. The monoisotopic (exact) mass is 504 g/mol. The average Bonchev–Trinajstić information content (AvgIpc) is 2.77. The first kappa shape index (κ1) is 25.1. The number of hydrogen-bond acceptors (Lipinski definition) is 6. The van der Waals surface area contributed by atoms with Crippen molar-refractivity contribution in [2.75, 3.05) is 23.8 Å². The smallest absolute Gasteiger partial charge is 0.338 e. The fraction of sp³-hybridized carbons (Fsp3) is 0.304. The van der Waals surface area contributed by atoms with Crippen molar-refractivity contribution >= 4 is 51.1 Å². The highest BCUT2D eigenvalue weighted by molar-refractivity contribution is 9.10. The van der Waals surface area contributed by atoms with Gasteiger partial charge in [-0.3, -0.25) is 14.4 Å². The van der Waals surface area contributed by atoms with E-state index in [0.717, 1.165) is 16.5 Å². The van der Waals surface area contributed by atoms with E-state index in [1.165, 1.54) is 0 Å². The van der Waals surface area contributed by atoms with Crippen LogP contribution in [0.5, 0.6) is 0 Å². The molecule has 0 aromatic heterocycles. The Morgan fingerprint density at radius 1 is 0.875 bits per heavy atom. The Morgan fingerprint density at radius 3 is 2.19 bits per heavy atom. The maximum atomic E-state index is 12.0. The van der Waals surface area contributed by atoms with E-state index in [9.17, 15) is 19.2 Å². The first-order valence-electron chi connectivity index (χ1n) is 10.1. The van der Waals surface area contributed by atoms with Crippen molar-refractivity contribution in [1.82, 2.24) is 0 Å². The fourth-order valence-electron chi connectivity index (χ4n) is 2.54. The number of esters is 2. The van der Waals surface area contributed by atoms with Gasteiger partial charge in [0.15, 0.2) is 6.61 Å². The van der Waals surface area contributed by atoms with E-state index < -0.39 is 30.4 Å². The lowest BCUT2D eigenvalue weighted by Crippen LogP contribution is -2.21. The Bertz CT molecular complexity index is 975. The number of nitrogens with one attached hydrogen (secondary N) is 2. The summed E-state index contributed by atoms with van der Waals surface area (Å²) in [5.41, 5.74) is 2.42. The van der Waals surface area contributed by atoms with Crippen molar-refractivity contribution in [2.45, 2.75) is 33.1 Å². The van der Waals surface area contributed by atoms with Crippen molar-refractivity contribution in [1.29, 1.82) is 0 Å². The lowest BCUT2D eigenvalue weighted by molar-refractivity contribution is -0.147. The second-order valence-corrected chi connectivity index (χ2v) is 7.79. The van der Waals surface area contributed by atoms with Gasteiger partial charge in [0.1, 0.15) is 0 Å². The Hall–Kier alpha value is -3.20. The van der Waals surface area contributed by atoms with Crippen LogP contribution in [0, 0.1) is 6.92 Å². The van der Waals surface area contributed by atoms with Crippen molar-refractivity contribution in [3.8, 4) is 0 Å². The summed E-state index contributed by atoms with van der Waals surface area (Å²) >= 11 is 3.38. The van der Waals surface area contributed by atoms with E-state index in [4.69, 9.17) is 9.47 Å². The standard InChI is InChI=1S/C23H25BrN2O6/c1-3-12-31-23(30)16-4-6-17(7-5-16)25-20(27)10-11-22(29)32-14-21(28)26-18-8-9-19(24)15(2)13-18/h4-9,13H,3,10-12,14H2,1-2H3,(H,25,27)(H,26,28). The van der Waals surface area contributed by atoms with E-state index in [-0.39, 0.29) is 12.8 Å². The zero-order valence-electron chi connectivity index (χ0n) is 17.9. The number of amides is 2. The molecule has 0 fully saturated rings. The third-order valence-electron chi connectivity index (χ3n) is 4.20. The fourth-order valence-corrected chi connectivity index (χ4v) is 2.79. The van der Waals surface area contributed by atoms with Crippen LogP contribution >= 0.6 is 15.9 Å². The van der Waals surface area contributed by atoms with Crippen LogP contribution in [0.2, 0.25) is 0 Å². The number of aryl methyl sites for hydroxylation is 1. The molecule has 32 heavy (non-hydrogen) atoms. The number of rotatable bonds is 10. The summed E-state index contributed by atoms with van der Waals surface area (Å²) in [5.74, 6) is -1.94. The highest BCUT2D eigenvalue weighted by atomic mass is 79.9. The lowest BCUT2D eigenvalue weighted by atomic mass is 10.2. The molecule has 0 unspecified atom stereocenters. The van der Waals surface area contributed by atoms with Crippen LogP contribution < -0.4 is 10.6 Å². The average molecular weight is 505 g/mol. The van der Waals surface area contributed by atoms with Crippen molar-refractivity contribution in [3.05, 3.63) is 58.1 Å². The number of carbonyl (C=O) groups excluding carboxylic acids is 4. The van der Waals surface area contributed by atoms with Crippen LogP contribution in [0.25, 0.3) is 0 Å². The number of benzene rings is 2. The largest absolute Gasteiger partial charge is 0.462 e. The van der Waals surface area contributed by atoms with Crippen molar-refractivity contribution < 1.29 is 28.7 Å². The first-order valence-corrected chi connectivity index (χ1v) is 10.9. The zero-order chi connectivity index (χ0) is 23.5. The maximum Gasteiger partial charge on any atom is 0.338 e. The quantitative estimate of drug-likeness (QED) is 0.468. The van der Waals surface area contributed by atoms with Gasteiger partial charge in [-0.1, -0.05) is 22.9 Å². The lowest BCUT2D eigenvalue weighted by Gasteiger charge is -2.09. The number of ether oxygens (including phenoxy) is 2. The molecule has 9 heteroatoms. The van der Waals surface area contributed by atoms with Gasteiger partial charge >= 0.3 is 11.9 Å². The topological polar surface area (TPSA) is 111 Å². The van der Waals surface area contributed by atoms with Crippen LogP contribution in [-0.2, 0) is 23.9 Å². The van der Waals surface area contributed by atoms with E-state index >= 15 is 0 Å². The summed E-state index contributed by atoms with van der Waals surface area (Å²) in [4.78, 5) is 47.5. The molecule has 170 valence electrons. The first-order chi connectivity index (χ1) is 15.3. The second-order valence-electron chi connectivity index (χ2n) is 6.93. The minimum absolute atomic E-state index is 0.105. The molecular formula is C23H25BrN2O6. The van der Waals surface area contributed by atoms with Gasteiger partial charge in [0.05, 0.1) is 18.6 Å². The third-order valence-corrected chi connectivity index (χ3v) is 5.09. The number of halogens is 1. The van der Waals surface area contributed by atoms with Crippen LogP contribution in [0.4, 0.5) is 11.4 Å². The van der Waals surface area contributed by atoms with Crippen molar-refractivity contribution in [2.24, 2.45) is 0 Å². The molecule has 0 aliphatic carbocycles.